The number of aromatic amines is 2. The van der Waals surface area contributed by atoms with Gasteiger partial charge in [0.15, 0.2) is 0 Å². The fraction of sp³-hybridized carbons (Fsp3) is 0.400. The van der Waals surface area contributed by atoms with Crippen molar-refractivity contribution in [1.29, 1.82) is 0 Å². The maximum absolute atomic E-state index is 6.75. The van der Waals surface area contributed by atoms with Crippen molar-refractivity contribution >= 4 is 55.5 Å². The van der Waals surface area contributed by atoms with Crippen LogP contribution in [0, 0.1) is 13.8 Å². The van der Waals surface area contributed by atoms with Crippen LogP contribution in [0.15, 0.2) is 28.7 Å². The second-order valence-corrected chi connectivity index (χ2v) is 12.5. The van der Waals surface area contributed by atoms with Gasteiger partial charge in [-0.2, -0.15) is 0 Å². The van der Waals surface area contributed by atoms with Crippen LogP contribution in [0.5, 0.6) is 0 Å². The number of nitrogens with zero attached hydrogens (tertiary/aromatic N) is 2. The summed E-state index contributed by atoms with van der Waals surface area (Å²) in [6.07, 6.45) is 5.52. The number of aromatic nitrogens is 4. The van der Waals surface area contributed by atoms with Gasteiger partial charge in [-0.05, 0) is 123 Å². The molecule has 0 spiro atoms. The van der Waals surface area contributed by atoms with Gasteiger partial charge in [-0.1, -0.05) is 41.5 Å². The van der Waals surface area contributed by atoms with Gasteiger partial charge in [-0.15, -0.1) is 0 Å². The van der Waals surface area contributed by atoms with Gasteiger partial charge in [0.25, 0.3) is 0 Å². The van der Waals surface area contributed by atoms with Gasteiger partial charge in [0.05, 0.1) is 28.3 Å². The SMILES string of the molecule is CCC1=C(C)c2cc3nc(c4[nH]c(cc5[nH]c(cc6oc(cc1n2)c(CC)c6CC)c(CC)c5C)c(CC)c4C)C(C)=C3CC. The van der Waals surface area contributed by atoms with Crippen LogP contribution >= 0.6 is 0 Å². The summed E-state index contributed by atoms with van der Waals surface area (Å²) in [6.45, 7) is 22.3. The van der Waals surface area contributed by atoms with Crippen LogP contribution in [0.1, 0.15) is 124 Å². The van der Waals surface area contributed by atoms with E-state index in [1.165, 1.54) is 55.7 Å². The molecule has 6 heterocycles. The van der Waals surface area contributed by atoms with E-state index in [0.29, 0.717) is 0 Å². The molecule has 0 unspecified atom stereocenters. The summed E-state index contributed by atoms with van der Waals surface area (Å²) in [7, 11) is 0. The Morgan fingerprint density at radius 1 is 0.511 bits per heavy atom. The van der Waals surface area contributed by atoms with Crippen molar-refractivity contribution in [3.8, 4) is 0 Å². The number of hydrogen-bond donors (Lipinski definition) is 2. The van der Waals surface area contributed by atoms with Crippen LogP contribution in [-0.2, 0) is 25.7 Å². The van der Waals surface area contributed by atoms with Crippen molar-refractivity contribution in [3.63, 3.8) is 0 Å². The normalized spacial score (nSPS) is 13.5. The molecule has 0 atom stereocenters. The molecule has 234 valence electrons. The van der Waals surface area contributed by atoms with Gasteiger partial charge in [0.1, 0.15) is 11.2 Å². The van der Waals surface area contributed by atoms with Gasteiger partial charge in [0, 0.05) is 39.8 Å². The molecule has 10 bridgehead atoms. The number of allylic oxidation sites excluding steroid dienone is 4. The van der Waals surface area contributed by atoms with Crippen LogP contribution in [0.2, 0.25) is 0 Å². The number of hydrogen-bond acceptors (Lipinski definition) is 3. The lowest BCUT2D eigenvalue weighted by Gasteiger charge is -2.01. The monoisotopic (exact) mass is 600 g/mol. The second kappa shape index (κ2) is 12.0. The molecule has 5 heteroatoms. The number of fused-ring (bicyclic) bond motifs is 11. The van der Waals surface area contributed by atoms with Crippen LogP contribution in [0.25, 0.3) is 55.5 Å². The zero-order valence-corrected chi connectivity index (χ0v) is 28.9. The number of rotatable bonds is 6. The van der Waals surface area contributed by atoms with E-state index in [2.05, 4.69) is 103 Å². The molecule has 2 aliphatic heterocycles. The van der Waals surface area contributed by atoms with E-state index in [0.717, 1.165) is 94.5 Å². The van der Waals surface area contributed by atoms with E-state index in [1.54, 1.807) is 0 Å². The summed E-state index contributed by atoms with van der Waals surface area (Å²) < 4.78 is 6.75. The van der Waals surface area contributed by atoms with Crippen molar-refractivity contribution in [2.45, 2.75) is 108 Å². The van der Waals surface area contributed by atoms with Crippen molar-refractivity contribution < 1.29 is 4.42 Å². The van der Waals surface area contributed by atoms with Crippen molar-refractivity contribution in [3.05, 3.63) is 80.4 Å². The summed E-state index contributed by atoms with van der Waals surface area (Å²) in [5, 5.41) is 0. The van der Waals surface area contributed by atoms with E-state index in [4.69, 9.17) is 14.4 Å². The van der Waals surface area contributed by atoms with E-state index in [9.17, 15) is 0 Å². The minimum atomic E-state index is 0.906. The maximum atomic E-state index is 6.75. The van der Waals surface area contributed by atoms with Gasteiger partial charge >= 0.3 is 0 Å². The van der Waals surface area contributed by atoms with E-state index in [-0.39, 0.29) is 0 Å². The zero-order chi connectivity index (χ0) is 32.2. The fourth-order valence-electron chi connectivity index (χ4n) is 7.70. The lowest BCUT2D eigenvalue weighted by atomic mass is 10.0. The van der Waals surface area contributed by atoms with E-state index >= 15 is 0 Å². The first kappa shape index (κ1) is 30.9. The molecule has 45 heavy (non-hydrogen) atoms. The van der Waals surface area contributed by atoms with Crippen LogP contribution in [0.3, 0.4) is 0 Å². The molecule has 0 fully saturated rings. The molecule has 0 radical (unpaired) electrons. The molecule has 4 aromatic heterocycles. The van der Waals surface area contributed by atoms with Crippen molar-refractivity contribution in [1.82, 2.24) is 19.9 Å². The van der Waals surface area contributed by atoms with Crippen molar-refractivity contribution in [2.24, 2.45) is 0 Å². The lowest BCUT2D eigenvalue weighted by molar-refractivity contribution is 0.661. The largest absolute Gasteiger partial charge is 0.457 e. The summed E-state index contributed by atoms with van der Waals surface area (Å²) in [5.41, 5.74) is 23.2. The zero-order valence-electron chi connectivity index (χ0n) is 28.9. The first-order valence-electron chi connectivity index (χ1n) is 17.0. The molecule has 0 saturated heterocycles. The predicted octanol–water partition coefficient (Wildman–Crippen LogP) is 11.2. The second-order valence-electron chi connectivity index (χ2n) is 12.5. The fourth-order valence-corrected chi connectivity index (χ4v) is 7.70. The molecule has 2 aliphatic rings. The Balaban J connectivity index is 1.86. The summed E-state index contributed by atoms with van der Waals surface area (Å²) in [4.78, 5) is 18.2. The third-order valence-corrected chi connectivity index (χ3v) is 10.2. The Bertz CT molecular complexity index is 2110. The molecule has 5 nitrogen and oxygen atoms in total. The van der Waals surface area contributed by atoms with Gasteiger partial charge in [0.2, 0.25) is 0 Å². The average molecular weight is 601 g/mol. The van der Waals surface area contributed by atoms with E-state index < -0.39 is 0 Å². The topological polar surface area (TPSA) is 70.5 Å². The van der Waals surface area contributed by atoms with Gasteiger partial charge < -0.3 is 14.4 Å². The van der Waals surface area contributed by atoms with E-state index in [1.807, 2.05) is 0 Å². The molecule has 0 aliphatic carbocycles. The van der Waals surface area contributed by atoms with Crippen molar-refractivity contribution in [2.75, 3.05) is 0 Å². The highest BCUT2D eigenvalue weighted by atomic mass is 16.3. The van der Waals surface area contributed by atoms with Crippen LogP contribution in [-0.4, -0.2) is 19.9 Å². The Morgan fingerprint density at radius 2 is 1.07 bits per heavy atom. The number of furan rings is 1. The Hall–Kier alpha value is -4.12. The predicted molar refractivity (Wildman–Crippen MR) is 192 cm³/mol. The molecule has 4 aromatic rings. The van der Waals surface area contributed by atoms with Gasteiger partial charge in [-0.25, -0.2) is 9.97 Å². The van der Waals surface area contributed by atoms with Gasteiger partial charge in [-0.3, -0.25) is 0 Å². The minimum absolute atomic E-state index is 0.906. The third kappa shape index (κ3) is 4.92. The molecule has 6 rings (SSSR count). The molecule has 2 N–H and O–H groups in total. The summed E-state index contributed by atoms with van der Waals surface area (Å²) in [6, 6.07) is 8.91. The first-order chi connectivity index (χ1) is 21.7. The molecular weight excluding hydrogens is 552 g/mol. The Morgan fingerprint density at radius 3 is 1.69 bits per heavy atom. The molecule has 0 aromatic carbocycles. The number of H-pyrrole nitrogens is 2. The first-order valence-corrected chi connectivity index (χ1v) is 17.0. The molecule has 0 saturated carbocycles. The van der Waals surface area contributed by atoms with Crippen LogP contribution < -0.4 is 0 Å². The summed E-state index contributed by atoms with van der Waals surface area (Å²) >= 11 is 0. The van der Waals surface area contributed by atoms with Crippen LogP contribution in [0.4, 0.5) is 0 Å². The molecular formula is C40H48N4O. The number of nitrogens with one attached hydrogen (secondary N) is 2. The maximum Gasteiger partial charge on any atom is 0.133 e. The number of aryl methyl sites for hydroxylation is 6. The quantitative estimate of drug-likeness (QED) is 0.231. The highest BCUT2D eigenvalue weighted by Crippen LogP contribution is 2.39. The highest BCUT2D eigenvalue weighted by Gasteiger charge is 2.22. The third-order valence-electron chi connectivity index (χ3n) is 10.2. The highest BCUT2D eigenvalue weighted by molar-refractivity contribution is 5.98. The Kier molecular flexibility index (Phi) is 8.24. The molecule has 0 amide bonds. The summed E-state index contributed by atoms with van der Waals surface area (Å²) in [5.74, 6) is 0. The lowest BCUT2D eigenvalue weighted by Crippen LogP contribution is -1.86. The minimum Gasteiger partial charge on any atom is -0.457 e. The Labute approximate surface area is 267 Å². The smallest absolute Gasteiger partial charge is 0.133 e. The standard InChI is InChI=1S/C40H48N4O/c1-11-25-21(7)31-17-33-27(13-3)23(9)39(43-33)40-24(10)28(14-4)34(44-40)18-32-22(8)26(12-2)36(42-32)20-38-30(16-6)29(15-5)37(45-38)19-35(25)41-31/h17-20,41,43H,11-16H2,1-10H3. The average Bonchev–Trinajstić information content (AvgIpc) is 3.77.